The second-order valence-electron chi connectivity index (χ2n) is 3.48. The highest BCUT2D eigenvalue weighted by molar-refractivity contribution is 4.70. The molecule has 0 aromatic heterocycles. The number of hydrogen-bond donors (Lipinski definition) is 3. The molecule has 0 bridgehead atoms. The van der Waals surface area contributed by atoms with Crippen LogP contribution in [0.1, 0.15) is 13.8 Å². The Morgan fingerprint density at radius 2 is 1.92 bits per heavy atom. The number of aliphatic hydroxyl groups is 1. The summed E-state index contributed by atoms with van der Waals surface area (Å²) in [4.78, 5) is 0. The fourth-order valence-corrected chi connectivity index (χ4v) is 1.08. The molecule has 1 aliphatic heterocycles. The van der Waals surface area contributed by atoms with Gasteiger partial charge in [0.05, 0.1) is 6.10 Å². The highest BCUT2D eigenvalue weighted by atomic mass is 16.6. The Morgan fingerprint density at radius 3 is 2.42 bits per heavy atom. The van der Waals surface area contributed by atoms with Crippen LogP contribution in [0.3, 0.4) is 0 Å². The lowest BCUT2D eigenvalue weighted by atomic mass is 10.2. The van der Waals surface area contributed by atoms with Gasteiger partial charge in [0, 0.05) is 25.7 Å². The molecule has 0 aromatic carbocycles. The Morgan fingerprint density at radius 1 is 1.33 bits per heavy atom. The van der Waals surface area contributed by atoms with Crippen molar-refractivity contribution in [3.8, 4) is 0 Å². The van der Waals surface area contributed by atoms with E-state index < -0.39 is 6.29 Å². The number of rotatable bonds is 3. The highest BCUT2D eigenvalue weighted by Gasteiger charge is 2.18. The maximum atomic E-state index is 9.40. The van der Waals surface area contributed by atoms with Crippen LogP contribution >= 0.6 is 0 Å². The van der Waals surface area contributed by atoms with Crippen LogP contribution in [-0.4, -0.2) is 37.3 Å². The third kappa shape index (κ3) is 3.06. The molecule has 0 aromatic rings. The number of nitrogens with one attached hydrogen (secondary N) is 2. The van der Waals surface area contributed by atoms with Crippen molar-refractivity contribution in [3.05, 3.63) is 0 Å². The van der Waals surface area contributed by atoms with Crippen molar-refractivity contribution in [2.75, 3.05) is 19.8 Å². The van der Waals surface area contributed by atoms with E-state index >= 15 is 0 Å². The summed E-state index contributed by atoms with van der Waals surface area (Å²) in [7, 11) is 0. The van der Waals surface area contributed by atoms with Gasteiger partial charge in [-0.25, -0.2) is 0 Å². The lowest BCUT2D eigenvalue weighted by Gasteiger charge is -2.27. The van der Waals surface area contributed by atoms with Crippen LogP contribution in [0.5, 0.6) is 0 Å². The average molecular weight is 174 g/mol. The van der Waals surface area contributed by atoms with E-state index in [4.69, 9.17) is 4.74 Å². The van der Waals surface area contributed by atoms with E-state index in [9.17, 15) is 5.11 Å². The molecule has 0 saturated carbocycles. The standard InChI is InChI=1S/C8H18N2O2/c1-6(2)8(11)12-7-3-9-5-10-4-7/h6-11H,3-5H2,1-2H3. The molecule has 1 rings (SSSR count). The van der Waals surface area contributed by atoms with Gasteiger partial charge in [-0.2, -0.15) is 0 Å². The van der Waals surface area contributed by atoms with Crippen molar-refractivity contribution >= 4 is 0 Å². The lowest BCUT2D eigenvalue weighted by Crippen LogP contribution is -2.49. The summed E-state index contributed by atoms with van der Waals surface area (Å²) in [5.41, 5.74) is 0. The maximum absolute atomic E-state index is 9.40. The van der Waals surface area contributed by atoms with E-state index in [-0.39, 0.29) is 12.0 Å². The number of aliphatic hydroxyl groups excluding tert-OH is 1. The molecule has 1 heterocycles. The minimum absolute atomic E-state index is 0.0937. The van der Waals surface area contributed by atoms with Gasteiger partial charge in [0.2, 0.25) is 0 Å². The third-order valence-corrected chi connectivity index (χ3v) is 1.90. The smallest absolute Gasteiger partial charge is 0.157 e. The van der Waals surface area contributed by atoms with Crippen molar-refractivity contribution in [3.63, 3.8) is 0 Å². The second kappa shape index (κ2) is 4.77. The second-order valence-corrected chi connectivity index (χ2v) is 3.48. The van der Waals surface area contributed by atoms with Gasteiger partial charge in [0.25, 0.3) is 0 Å². The van der Waals surface area contributed by atoms with Gasteiger partial charge < -0.3 is 20.5 Å². The van der Waals surface area contributed by atoms with Gasteiger partial charge in [0.15, 0.2) is 6.29 Å². The molecule has 3 N–H and O–H groups in total. The first-order valence-electron chi connectivity index (χ1n) is 4.45. The molecule has 1 unspecified atom stereocenters. The molecule has 12 heavy (non-hydrogen) atoms. The molecule has 0 radical (unpaired) electrons. The molecule has 1 aliphatic rings. The molecular formula is C8H18N2O2. The van der Waals surface area contributed by atoms with Gasteiger partial charge in [-0.15, -0.1) is 0 Å². The zero-order valence-electron chi connectivity index (χ0n) is 7.71. The zero-order chi connectivity index (χ0) is 8.97. The van der Waals surface area contributed by atoms with Gasteiger partial charge in [-0.1, -0.05) is 13.8 Å². The van der Waals surface area contributed by atoms with Crippen LogP contribution in [0.4, 0.5) is 0 Å². The molecule has 0 amide bonds. The first kappa shape index (κ1) is 9.92. The minimum Gasteiger partial charge on any atom is -0.368 e. The van der Waals surface area contributed by atoms with Crippen molar-refractivity contribution in [2.45, 2.75) is 26.2 Å². The minimum atomic E-state index is -0.642. The number of ether oxygens (including phenoxy) is 1. The predicted molar refractivity (Wildman–Crippen MR) is 46.6 cm³/mol. The molecule has 4 heteroatoms. The Labute approximate surface area is 73.3 Å². The molecule has 72 valence electrons. The van der Waals surface area contributed by atoms with Gasteiger partial charge >= 0.3 is 0 Å². The van der Waals surface area contributed by atoms with E-state index in [2.05, 4.69) is 10.6 Å². The van der Waals surface area contributed by atoms with Crippen molar-refractivity contribution < 1.29 is 9.84 Å². The monoisotopic (exact) mass is 174 g/mol. The van der Waals surface area contributed by atoms with E-state index in [0.717, 1.165) is 19.8 Å². The predicted octanol–water partition coefficient (Wildman–Crippen LogP) is -0.504. The van der Waals surface area contributed by atoms with Crippen molar-refractivity contribution in [1.82, 2.24) is 10.6 Å². The Hall–Kier alpha value is -0.160. The van der Waals surface area contributed by atoms with Crippen LogP contribution in [0.15, 0.2) is 0 Å². The molecule has 1 atom stereocenters. The summed E-state index contributed by atoms with van der Waals surface area (Å²) in [5, 5.41) is 15.7. The van der Waals surface area contributed by atoms with Crippen LogP contribution in [0.25, 0.3) is 0 Å². The van der Waals surface area contributed by atoms with Crippen LogP contribution in [0, 0.1) is 5.92 Å². The Kier molecular flexibility index (Phi) is 3.94. The fourth-order valence-electron chi connectivity index (χ4n) is 1.08. The normalized spacial score (nSPS) is 23.0. The first-order valence-corrected chi connectivity index (χ1v) is 4.45. The molecule has 1 saturated heterocycles. The summed E-state index contributed by atoms with van der Waals surface area (Å²) < 4.78 is 5.38. The summed E-state index contributed by atoms with van der Waals surface area (Å²) >= 11 is 0. The van der Waals surface area contributed by atoms with Gasteiger partial charge in [0.1, 0.15) is 0 Å². The molecular weight excluding hydrogens is 156 g/mol. The van der Waals surface area contributed by atoms with E-state index in [0.29, 0.717) is 0 Å². The molecule has 1 fully saturated rings. The highest BCUT2D eigenvalue weighted by Crippen LogP contribution is 2.06. The van der Waals surface area contributed by atoms with Gasteiger partial charge in [-0.3, -0.25) is 0 Å². The summed E-state index contributed by atoms with van der Waals surface area (Å²) in [6, 6.07) is 0. The summed E-state index contributed by atoms with van der Waals surface area (Å²) in [5.74, 6) is 0.159. The van der Waals surface area contributed by atoms with Crippen molar-refractivity contribution in [2.24, 2.45) is 5.92 Å². The molecule has 0 aliphatic carbocycles. The molecule has 4 nitrogen and oxygen atoms in total. The summed E-state index contributed by atoms with van der Waals surface area (Å²) in [6.45, 7) is 6.34. The SMILES string of the molecule is CC(C)C(O)OC1CNCNC1. The average Bonchev–Trinajstić information content (AvgIpc) is 2.06. The quantitative estimate of drug-likeness (QED) is 0.505. The third-order valence-electron chi connectivity index (χ3n) is 1.90. The maximum Gasteiger partial charge on any atom is 0.157 e. The Bertz CT molecular complexity index is 124. The first-order chi connectivity index (χ1) is 5.70. The summed E-state index contributed by atoms with van der Waals surface area (Å²) in [6.07, 6.45) is -0.548. The number of hydrogen-bond acceptors (Lipinski definition) is 4. The Balaban J connectivity index is 2.20. The van der Waals surface area contributed by atoms with E-state index in [1.54, 1.807) is 0 Å². The molecule has 0 spiro atoms. The fraction of sp³-hybridized carbons (Fsp3) is 1.00. The van der Waals surface area contributed by atoms with Crippen LogP contribution in [-0.2, 0) is 4.74 Å². The van der Waals surface area contributed by atoms with Gasteiger partial charge in [-0.05, 0) is 0 Å². The lowest BCUT2D eigenvalue weighted by molar-refractivity contribution is -0.159. The van der Waals surface area contributed by atoms with Crippen LogP contribution < -0.4 is 10.6 Å². The van der Waals surface area contributed by atoms with E-state index in [1.807, 2.05) is 13.8 Å². The van der Waals surface area contributed by atoms with E-state index in [1.165, 1.54) is 0 Å². The zero-order valence-corrected chi connectivity index (χ0v) is 7.71. The topological polar surface area (TPSA) is 53.5 Å². The van der Waals surface area contributed by atoms with Crippen molar-refractivity contribution in [1.29, 1.82) is 0 Å². The largest absolute Gasteiger partial charge is 0.368 e. The van der Waals surface area contributed by atoms with Crippen LogP contribution in [0.2, 0.25) is 0 Å².